The van der Waals surface area contributed by atoms with Gasteiger partial charge in [-0.3, -0.25) is 0 Å². The Morgan fingerprint density at radius 3 is 2.10 bits per heavy atom. The van der Waals surface area contributed by atoms with Crippen molar-refractivity contribution in [2.24, 2.45) is 46.3 Å². The Balaban J connectivity index is 1.03. The van der Waals surface area contributed by atoms with E-state index in [9.17, 15) is 5.26 Å². The summed E-state index contributed by atoms with van der Waals surface area (Å²) in [6.07, 6.45) is 27.5. The highest BCUT2D eigenvalue weighted by Crippen LogP contribution is 2.67. The van der Waals surface area contributed by atoms with Crippen LogP contribution < -0.4 is 4.90 Å². The van der Waals surface area contributed by atoms with Crippen LogP contribution in [-0.2, 0) is 10.2 Å². The minimum absolute atomic E-state index is 0.0600. The first kappa shape index (κ1) is 29.7. The summed E-state index contributed by atoms with van der Waals surface area (Å²) in [5.41, 5.74) is 7.64. The summed E-state index contributed by atoms with van der Waals surface area (Å²) in [6.45, 7) is 15.1. The van der Waals surface area contributed by atoms with Crippen LogP contribution in [0, 0.1) is 64.2 Å². The van der Waals surface area contributed by atoms with Gasteiger partial charge < -0.3 is 9.64 Å². The average molecular weight is 638 g/mol. The van der Waals surface area contributed by atoms with E-state index >= 15 is 0 Å². The zero-order valence-electron chi connectivity index (χ0n) is 29.1. The van der Waals surface area contributed by atoms with Crippen molar-refractivity contribution in [1.82, 2.24) is 0 Å². The lowest BCUT2D eigenvalue weighted by Crippen LogP contribution is -2.51. The van der Waals surface area contributed by atoms with Crippen molar-refractivity contribution in [3.63, 3.8) is 0 Å². The number of hydrogen-bond acceptors (Lipinski definition) is 3. The van der Waals surface area contributed by atoms with Gasteiger partial charge in [-0.05, 0) is 195 Å². The Bertz CT molecular complexity index is 1700. The van der Waals surface area contributed by atoms with E-state index in [0.29, 0.717) is 11.3 Å². The number of allylic oxidation sites excluding steroid dienone is 6. The van der Waals surface area contributed by atoms with Crippen LogP contribution in [0.3, 0.4) is 0 Å². The predicted octanol–water partition coefficient (Wildman–Crippen LogP) is 10.6. The summed E-state index contributed by atoms with van der Waals surface area (Å²) in [5.74, 6) is 7.76. The highest BCUT2D eigenvalue weighted by molar-refractivity contribution is 5.72. The smallest absolute Gasteiger partial charge is 0.269 e. The third-order valence-electron chi connectivity index (χ3n) is 15.4. The largest absolute Gasteiger partial charge is 0.461 e. The molecule has 248 valence electrons. The molecule has 8 aliphatic carbocycles. The molecule has 1 atom stereocenters. The molecule has 4 nitrogen and oxygen atoms in total. The number of hydrogen-bond donors (Lipinski definition) is 0. The molecule has 0 N–H and O–H groups in total. The molecular formula is C44H51N3O. The summed E-state index contributed by atoms with van der Waals surface area (Å²) in [4.78, 5) is 6.38. The van der Waals surface area contributed by atoms with E-state index < -0.39 is 0 Å². The Morgan fingerprint density at radius 2 is 1.50 bits per heavy atom. The molecule has 3 aliphatic heterocycles. The van der Waals surface area contributed by atoms with Crippen molar-refractivity contribution in [3.8, 4) is 6.07 Å². The summed E-state index contributed by atoms with van der Waals surface area (Å²) in [6, 6.07) is 7.25. The molecule has 3 heterocycles. The van der Waals surface area contributed by atoms with Gasteiger partial charge in [0.2, 0.25) is 0 Å². The molecule has 1 aromatic rings. The van der Waals surface area contributed by atoms with Crippen LogP contribution in [0.2, 0.25) is 0 Å². The van der Waals surface area contributed by atoms with Crippen LogP contribution in [0.25, 0.3) is 10.9 Å². The van der Waals surface area contributed by atoms with E-state index in [4.69, 9.17) is 11.3 Å². The highest BCUT2D eigenvalue weighted by Gasteiger charge is 2.56. The number of ether oxygens (including phenoxy) is 1. The van der Waals surface area contributed by atoms with E-state index in [0.717, 1.165) is 52.6 Å². The first-order chi connectivity index (χ1) is 23.2. The van der Waals surface area contributed by atoms with E-state index in [1.165, 1.54) is 114 Å². The molecule has 0 radical (unpaired) electrons. The van der Waals surface area contributed by atoms with Crippen LogP contribution in [0.5, 0.6) is 0 Å². The fourth-order valence-corrected chi connectivity index (χ4v) is 14.2. The second-order valence-corrected chi connectivity index (χ2v) is 19.0. The monoisotopic (exact) mass is 637 g/mol. The van der Waals surface area contributed by atoms with E-state index in [-0.39, 0.29) is 16.5 Å². The molecule has 8 saturated carbocycles. The first-order valence-corrected chi connectivity index (χ1v) is 19.5. The summed E-state index contributed by atoms with van der Waals surface area (Å²) < 4.78 is 6.87. The first-order valence-electron chi connectivity index (χ1n) is 19.5. The predicted molar refractivity (Wildman–Crippen MR) is 190 cm³/mol. The van der Waals surface area contributed by atoms with Crippen molar-refractivity contribution < 1.29 is 4.74 Å². The van der Waals surface area contributed by atoms with Gasteiger partial charge in [0.1, 0.15) is 11.5 Å². The minimum atomic E-state index is 0.0600. The highest BCUT2D eigenvalue weighted by atomic mass is 16.5. The maximum Gasteiger partial charge on any atom is 0.269 e. The van der Waals surface area contributed by atoms with Crippen LogP contribution in [-0.4, -0.2) is 13.1 Å². The average Bonchev–Trinajstić information content (AvgIpc) is 3.05. The molecule has 8 fully saturated rings. The van der Waals surface area contributed by atoms with Gasteiger partial charge >= 0.3 is 0 Å². The van der Waals surface area contributed by atoms with Crippen molar-refractivity contribution >= 4 is 11.8 Å². The lowest BCUT2D eigenvalue weighted by molar-refractivity contribution is -0.0704. The Morgan fingerprint density at radius 1 is 0.875 bits per heavy atom. The molecule has 11 aliphatic rings. The fraction of sp³-hybridized carbons (Fsp3) is 0.636. The molecular weight excluding hydrogens is 587 g/mol. The molecule has 1 unspecified atom stereocenters. The topological polar surface area (TPSA) is 40.6 Å². The third-order valence-corrected chi connectivity index (χ3v) is 15.4. The van der Waals surface area contributed by atoms with Crippen LogP contribution in [0.15, 0.2) is 53.1 Å². The normalized spacial score (nSPS) is 42.1. The van der Waals surface area contributed by atoms with Gasteiger partial charge in [-0.15, -0.1) is 0 Å². The van der Waals surface area contributed by atoms with Gasteiger partial charge in [0.25, 0.3) is 5.70 Å². The van der Waals surface area contributed by atoms with Crippen LogP contribution >= 0.6 is 0 Å². The molecule has 4 heteroatoms. The number of anilines is 1. The fourth-order valence-electron chi connectivity index (χ4n) is 14.2. The molecule has 48 heavy (non-hydrogen) atoms. The van der Waals surface area contributed by atoms with Crippen LogP contribution in [0.4, 0.5) is 5.69 Å². The maximum atomic E-state index is 9.91. The Kier molecular flexibility index (Phi) is 6.42. The van der Waals surface area contributed by atoms with E-state index in [1.54, 1.807) is 11.3 Å². The van der Waals surface area contributed by atoms with Gasteiger partial charge in [0, 0.05) is 24.2 Å². The zero-order valence-corrected chi connectivity index (χ0v) is 29.1. The Labute approximate surface area is 287 Å². The molecule has 12 rings (SSSR count). The van der Waals surface area contributed by atoms with Gasteiger partial charge in [-0.25, -0.2) is 10.1 Å². The number of nitriles is 1. The lowest BCUT2D eigenvalue weighted by atomic mass is 9.45. The number of nitrogens with zero attached hydrogens (tertiary/aromatic N) is 3. The van der Waals surface area contributed by atoms with Gasteiger partial charge in [-0.2, -0.15) is 0 Å². The van der Waals surface area contributed by atoms with Crippen molar-refractivity contribution in [1.29, 1.82) is 5.26 Å². The number of rotatable bonds is 4. The molecule has 8 bridgehead atoms. The second-order valence-electron chi connectivity index (χ2n) is 19.0. The van der Waals surface area contributed by atoms with E-state index in [1.807, 2.05) is 6.08 Å². The molecule has 0 saturated heterocycles. The standard InChI is InChI=1S/C44H51N3O/c1-42(2)7-9-47-8-6-37(43-20-28-10-29(21-43)12-30(11-28)22-43)36-16-27(17-38(42)41(36)47)4-5-35-18-34(39(26-45)46-3)19-40(48-35)44-23-31-13-32(24-44)15-33(14-31)25-44/h4-5,16-19,28-33,37H,6-15,20-25H2,1-2H3/b5-4+,39-34+. The van der Waals surface area contributed by atoms with E-state index in [2.05, 4.69) is 60.0 Å². The van der Waals surface area contributed by atoms with Crippen LogP contribution in [0.1, 0.15) is 126 Å². The SMILES string of the molecule is [C-]#[N+]/C(C#N)=C1C=C(/C=C/c2cc3c4c(c2)C(C)(C)CCN4CCC3C23CC4CC(CC(C4)C2)C3)OC(C23CC4CC(CC(C4)C2)C3)=C\1. The molecule has 0 spiro atoms. The van der Waals surface area contributed by atoms with Crippen molar-refractivity contribution in [2.75, 3.05) is 18.0 Å². The summed E-state index contributed by atoms with van der Waals surface area (Å²) >= 11 is 0. The third kappa shape index (κ3) is 4.50. The summed E-state index contributed by atoms with van der Waals surface area (Å²) in [5, 5.41) is 9.91. The maximum absolute atomic E-state index is 9.91. The second kappa shape index (κ2) is 10.4. The van der Waals surface area contributed by atoms with Crippen molar-refractivity contribution in [2.45, 2.75) is 115 Å². The summed E-state index contributed by atoms with van der Waals surface area (Å²) in [7, 11) is 0. The lowest BCUT2D eigenvalue weighted by Gasteiger charge is -2.61. The Hall–Kier alpha value is -3.24. The van der Waals surface area contributed by atoms with Gasteiger partial charge in [-0.1, -0.05) is 19.9 Å². The minimum Gasteiger partial charge on any atom is -0.461 e. The van der Waals surface area contributed by atoms with Gasteiger partial charge in [0.15, 0.2) is 0 Å². The van der Waals surface area contributed by atoms with Gasteiger partial charge in [0.05, 0.1) is 12.6 Å². The quantitative estimate of drug-likeness (QED) is 0.244. The molecule has 0 amide bonds. The molecule has 0 aromatic heterocycles. The van der Waals surface area contributed by atoms with Crippen molar-refractivity contribution in [3.05, 3.63) is 81.3 Å². The number of benzene rings is 1. The molecule has 1 aromatic carbocycles. The zero-order chi connectivity index (χ0) is 32.4.